The molecule has 0 spiro atoms. The lowest BCUT2D eigenvalue weighted by atomic mass is 10.2. The summed E-state index contributed by atoms with van der Waals surface area (Å²) in [4.78, 5) is 25.4. The number of nitrogens with zero attached hydrogens (tertiary/aromatic N) is 1. The van der Waals surface area contributed by atoms with Gasteiger partial charge in [0.25, 0.3) is 11.8 Å². The molecule has 3 aromatic carbocycles. The number of hydrogen-bond acceptors (Lipinski definition) is 5. The fraction of sp³-hybridized carbons (Fsp3) is 0.0385. The van der Waals surface area contributed by atoms with Crippen LogP contribution in [0.5, 0.6) is 11.5 Å². The lowest BCUT2D eigenvalue weighted by Gasteiger charge is -2.10. The van der Waals surface area contributed by atoms with Crippen LogP contribution in [-0.4, -0.2) is 30.2 Å². The molecule has 0 fully saturated rings. The van der Waals surface area contributed by atoms with Gasteiger partial charge < -0.3 is 15.2 Å². The minimum Gasteiger partial charge on any atom is -0.506 e. The monoisotopic (exact) mass is 597 g/mol. The molecule has 3 rings (SSSR count). The maximum Gasteiger partial charge on any atom is 0.287 e. The molecule has 178 valence electrons. The fourth-order valence-corrected chi connectivity index (χ4v) is 4.37. The van der Waals surface area contributed by atoms with Gasteiger partial charge in [-0.15, -0.1) is 0 Å². The molecule has 3 N–H and O–H groups in total. The second-order valence-electron chi connectivity index (χ2n) is 7.01. The lowest BCUT2D eigenvalue weighted by molar-refractivity contribution is -0.117. The van der Waals surface area contributed by atoms with E-state index in [1.165, 1.54) is 19.4 Å². The zero-order chi connectivity index (χ0) is 25.2. The number of benzene rings is 3. The van der Waals surface area contributed by atoms with E-state index in [2.05, 4.69) is 47.7 Å². The van der Waals surface area contributed by atoms with Gasteiger partial charge in [0.1, 0.15) is 15.9 Å². The first-order valence-electron chi connectivity index (χ1n) is 10.3. The molecule has 0 saturated heterocycles. The Morgan fingerprint density at radius 2 is 1.69 bits per heavy atom. The molecule has 2 amide bonds. The van der Waals surface area contributed by atoms with E-state index in [4.69, 9.17) is 4.74 Å². The Morgan fingerprint density at radius 1 is 1.03 bits per heavy atom. The molecular weight excluding hydrogens is 578 g/mol. The summed E-state index contributed by atoms with van der Waals surface area (Å²) in [6.07, 6.45) is 6.22. The summed E-state index contributed by atoms with van der Waals surface area (Å²) in [6.45, 7) is 0. The van der Waals surface area contributed by atoms with Crippen molar-refractivity contribution in [3.8, 4) is 11.5 Å². The zero-order valence-electron chi connectivity index (χ0n) is 18.5. The molecule has 0 unspecified atom stereocenters. The minimum absolute atomic E-state index is 0.00972. The minimum atomic E-state index is -0.644. The number of phenols is 1. The van der Waals surface area contributed by atoms with Gasteiger partial charge >= 0.3 is 0 Å². The number of nitrogens with one attached hydrogen (secondary N) is 2. The smallest absolute Gasteiger partial charge is 0.287 e. The number of rotatable bonds is 8. The number of halogens is 2. The molecule has 3 aromatic rings. The third-order valence-electron chi connectivity index (χ3n) is 4.63. The number of ether oxygens (including phenoxy) is 1. The van der Waals surface area contributed by atoms with Gasteiger partial charge in [-0.3, -0.25) is 9.59 Å². The van der Waals surface area contributed by atoms with E-state index >= 15 is 0 Å². The van der Waals surface area contributed by atoms with Crippen LogP contribution in [0.15, 0.2) is 98.6 Å². The molecule has 0 atom stereocenters. The van der Waals surface area contributed by atoms with Crippen LogP contribution in [0, 0.1) is 0 Å². The number of phenolic OH excluding ortho intramolecular Hbond substituents is 1. The highest BCUT2D eigenvalue weighted by Crippen LogP contribution is 2.41. The zero-order valence-corrected chi connectivity index (χ0v) is 21.7. The summed E-state index contributed by atoms with van der Waals surface area (Å²) in [6, 6.07) is 19.7. The topological polar surface area (TPSA) is 100 Å². The number of carbonyl (C=O) groups excluding carboxylic acids is 2. The first-order chi connectivity index (χ1) is 16.9. The van der Waals surface area contributed by atoms with E-state index in [1.807, 2.05) is 30.3 Å². The number of amides is 2. The van der Waals surface area contributed by atoms with E-state index in [0.29, 0.717) is 25.8 Å². The van der Waals surface area contributed by atoms with Crippen molar-refractivity contribution in [1.29, 1.82) is 0 Å². The average molecular weight is 599 g/mol. The highest BCUT2D eigenvalue weighted by molar-refractivity contribution is 9.11. The highest BCUT2D eigenvalue weighted by Gasteiger charge is 2.15. The summed E-state index contributed by atoms with van der Waals surface area (Å²) in [5.74, 6) is -0.774. The molecule has 7 nitrogen and oxygen atoms in total. The average Bonchev–Trinajstić information content (AvgIpc) is 2.87. The van der Waals surface area contributed by atoms with E-state index in [-0.39, 0.29) is 11.4 Å². The highest BCUT2D eigenvalue weighted by atomic mass is 79.9. The molecule has 0 aliphatic rings. The molecular formula is C26H21Br2N3O4. The van der Waals surface area contributed by atoms with Crippen LogP contribution in [0.25, 0.3) is 6.08 Å². The van der Waals surface area contributed by atoms with E-state index in [9.17, 15) is 14.7 Å². The molecule has 9 heteroatoms. The van der Waals surface area contributed by atoms with Gasteiger partial charge in [0.05, 0.1) is 17.8 Å². The molecule has 0 heterocycles. The number of hydrogen-bond donors (Lipinski definition) is 3. The Hall–Kier alpha value is -3.69. The van der Waals surface area contributed by atoms with Crippen molar-refractivity contribution >= 4 is 56.0 Å². The van der Waals surface area contributed by atoms with Gasteiger partial charge in [-0.1, -0.05) is 60.7 Å². The van der Waals surface area contributed by atoms with E-state index in [0.717, 1.165) is 5.56 Å². The van der Waals surface area contributed by atoms with Crippen molar-refractivity contribution in [1.82, 2.24) is 10.7 Å². The Bertz CT molecular complexity index is 1290. The van der Waals surface area contributed by atoms with Crippen molar-refractivity contribution in [3.63, 3.8) is 0 Å². The molecule has 0 aromatic heterocycles. The van der Waals surface area contributed by atoms with Gasteiger partial charge in [-0.25, -0.2) is 5.43 Å². The van der Waals surface area contributed by atoms with Crippen LogP contribution in [0.4, 0.5) is 0 Å². The second-order valence-corrected chi connectivity index (χ2v) is 8.66. The van der Waals surface area contributed by atoms with Gasteiger partial charge in [0.15, 0.2) is 5.75 Å². The van der Waals surface area contributed by atoms with Crippen LogP contribution in [-0.2, 0) is 4.79 Å². The predicted molar refractivity (Wildman–Crippen MR) is 143 cm³/mol. The molecule has 0 bridgehead atoms. The van der Waals surface area contributed by atoms with Crippen molar-refractivity contribution < 1.29 is 19.4 Å². The molecule has 0 aliphatic carbocycles. The Kier molecular flexibility index (Phi) is 9.39. The normalized spacial score (nSPS) is 11.6. The van der Waals surface area contributed by atoms with Crippen molar-refractivity contribution in [2.75, 3.05) is 7.11 Å². The third kappa shape index (κ3) is 7.14. The first-order valence-corrected chi connectivity index (χ1v) is 11.9. The number of carbonyl (C=O) groups is 2. The lowest BCUT2D eigenvalue weighted by Crippen LogP contribution is -2.32. The Balaban J connectivity index is 1.80. The molecule has 35 heavy (non-hydrogen) atoms. The van der Waals surface area contributed by atoms with Crippen LogP contribution in [0.1, 0.15) is 21.5 Å². The summed E-state index contributed by atoms with van der Waals surface area (Å²) < 4.78 is 6.13. The van der Waals surface area contributed by atoms with Crippen LogP contribution >= 0.6 is 31.9 Å². The summed E-state index contributed by atoms with van der Waals surface area (Å²) in [5, 5.41) is 16.9. The fourth-order valence-electron chi connectivity index (χ4n) is 2.89. The van der Waals surface area contributed by atoms with Gasteiger partial charge in [0.2, 0.25) is 0 Å². The predicted octanol–water partition coefficient (Wildman–Crippen LogP) is 5.40. The van der Waals surface area contributed by atoms with Crippen molar-refractivity contribution in [3.05, 3.63) is 110 Å². The van der Waals surface area contributed by atoms with Crippen LogP contribution < -0.4 is 15.5 Å². The first kappa shape index (κ1) is 25.9. The molecule has 0 radical (unpaired) electrons. The largest absolute Gasteiger partial charge is 0.506 e. The van der Waals surface area contributed by atoms with Crippen molar-refractivity contribution in [2.24, 2.45) is 5.10 Å². The number of allylic oxidation sites excluding steroid dienone is 2. The number of aromatic hydroxyl groups is 1. The van der Waals surface area contributed by atoms with Gasteiger partial charge in [-0.2, -0.15) is 5.10 Å². The van der Waals surface area contributed by atoms with Gasteiger partial charge in [-0.05, 0) is 61.7 Å². The summed E-state index contributed by atoms with van der Waals surface area (Å²) in [7, 11) is 1.47. The Labute approximate surface area is 219 Å². The molecule has 0 aliphatic heterocycles. The third-order valence-corrected chi connectivity index (χ3v) is 5.96. The quantitative estimate of drug-likeness (QED) is 0.140. The maximum atomic E-state index is 12.8. The summed E-state index contributed by atoms with van der Waals surface area (Å²) >= 11 is 6.62. The van der Waals surface area contributed by atoms with Crippen molar-refractivity contribution in [2.45, 2.75) is 0 Å². The SMILES string of the molecule is COc1c(Br)cc(/C=N/NC(=O)/C(=C/C=C/c2ccccc2)NC(=O)c2ccccc2)c(O)c1Br. The second kappa shape index (κ2) is 12.7. The van der Waals surface area contributed by atoms with E-state index in [1.54, 1.807) is 48.6 Å². The number of methoxy groups -OCH3 is 1. The maximum absolute atomic E-state index is 12.8. The Morgan fingerprint density at radius 3 is 2.34 bits per heavy atom. The van der Waals surface area contributed by atoms with E-state index < -0.39 is 11.8 Å². The number of hydrazone groups is 1. The standard InChI is InChI=1S/C26H21Br2N3O4/c1-35-24-20(27)15-19(23(32)22(24)28)16-29-31-26(34)21(14-8-11-17-9-4-2-5-10-17)30-25(33)18-12-6-3-7-13-18/h2-16,32H,1H3,(H,30,33)(H,31,34)/b11-8+,21-14-,29-16+. The van der Waals surface area contributed by atoms with Gasteiger partial charge in [0, 0.05) is 11.1 Å². The van der Waals surface area contributed by atoms with Crippen LogP contribution in [0.3, 0.4) is 0 Å². The summed E-state index contributed by atoms with van der Waals surface area (Å²) in [5.41, 5.74) is 4.02. The van der Waals surface area contributed by atoms with Crippen LogP contribution in [0.2, 0.25) is 0 Å². The molecule has 0 saturated carbocycles.